The molecule has 0 fully saturated rings. The average molecular weight is 298 g/mol. The Labute approximate surface area is 126 Å². The summed E-state index contributed by atoms with van der Waals surface area (Å²) < 4.78 is 5.17. The molecule has 20 heavy (non-hydrogen) atoms. The molecule has 0 aliphatic heterocycles. The Morgan fingerprint density at radius 3 is 2.70 bits per heavy atom. The van der Waals surface area contributed by atoms with Gasteiger partial charge in [-0.1, -0.05) is 44.2 Å². The van der Waals surface area contributed by atoms with Crippen molar-refractivity contribution in [3.05, 3.63) is 28.8 Å². The summed E-state index contributed by atoms with van der Waals surface area (Å²) in [6.07, 6.45) is 5.21. The number of nitrogen functional groups attached to an aromatic ring is 1. The van der Waals surface area contributed by atoms with Crippen molar-refractivity contribution >= 4 is 23.3 Å². The third kappa shape index (κ3) is 5.04. The fourth-order valence-electron chi connectivity index (χ4n) is 2.27. The predicted octanol–water partition coefficient (Wildman–Crippen LogP) is 4.54. The number of carbonyl (C=O) groups is 1. The number of hydrogen-bond donors (Lipinski definition) is 1. The summed E-state index contributed by atoms with van der Waals surface area (Å²) >= 11 is 6.02. The lowest BCUT2D eigenvalue weighted by Crippen LogP contribution is -2.17. The molecule has 0 amide bonds. The molecule has 1 rings (SSSR count). The fraction of sp³-hybridized carbons (Fsp3) is 0.562. The van der Waals surface area contributed by atoms with Crippen LogP contribution in [-0.4, -0.2) is 12.6 Å². The van der Waals surface area contributed by atoms with E-state index in [1.165, 1.54) is 12.8 Å². The van der Waals surface area contributed by atoms with Gasteiger partial charge >= 0.3 is 5.97 Å². The first-order valence-corrected chi connectivity index (χ1v) is 7.69. The summed E-state index contributed by atoms with van der Waals surface area (Å²) in [4.78, 5) is 12.2. The van der Waals surface area contributed by atoms with Gasteiger partial charge in [0.2, 0.25) is 0 Å². The summed E-state index contributed by atoms with van der Waals surface area (Å²) in [6, 6.07) is 5.26. The molecule has 3 nitrogen and oxygen atoms in total. The Kier molecular flexibility index (Phi) is 7.45. The number of anilines is 1. The van der Waals surface area contributed by atoms with Gasteiger partial charge in [-0.3, -0.25) is 4.79 Å². The summed E-state index contributed by atoms with van der Waals surface area (Å²) in [5.41, 5.74) is 7.37. The van der Waals surface area contributed by atoms with Gasteiger partial charge in [-0.25, -0.2) is 0 Å². The molecule has 1 aromatic rings. The van der Waals surface area contributed by atoms with Crippen LogP contribution in [0, 0.1) is 0 Å². The van der Waals surface area contributed by atoms with E-state index in [1.807, 2.05) is 6.92 Å². The van der Waals surface area contributed by atoms with Gasteiger partial charge in [0.1, 0.15) is 0 Å². The van der Waals surface area contributed by atoms with Crippen molar-refractivity contribution in [2.75, 3.05) is 12.3 Å². The van der Waals surface area contributed by atoms with Crippen molar-refractivity contribution in [2.24, 2.45) is 0 Å². The highest BCUT2D eigenvalue weighted by molar-refractivity contribution is 6.30. The van der Waals surface area contributed by atoms with Gasteiger partial charge in [-0.15, -0.1) is 0 Å². The van der Waals surface area contributed by atoms with Crippen molar-refractivity contribution < 1.29 is 9.53 Å². The summed E-state index contributed by atoms with van der Waals surface area (Å²) in [7, 11) is 0. The molecule has 0 saturated heterocycles. The zero-order chi connectivity index (χ0) is 15.0. The van der Waals surface area contributed by atoms with Crippen LogP contribution in [0.5, 0.6) is 0 Å². The lowest BCUT2D eigenvalue weighted by atomic mass is 9.92. The second-order valence-electron chi connectivity index (χ2n) is 4.93. The van der Waals surface area contributed by atoms with Gasteiger partial charge in [-0.2, -0.15) is 0 Å². The van der Waals surface area contributed by atoms with Crippen molar-refractivity contribution in [3.8, 4) is 0 Å². The van der Waals surface area contributed by atoms with E-state index in [9.17, 15) is 4.79 Å². The highest BCUT2D eigenvalue weighted by atomic mass is 35.5. The first-order valence-electron chi connectivity index (χ1n) is 7.31. The van der Waals surface area contributed by atoms with E-state index in [1.54, 1.807) is 18.2 Å². The third-order valence-corrected chi connectivity index (χ3v) is 3.58. The van der Waals surface area contributed by atoms with Crippen LogP contribution in [0.15, 0.2) is 18.2 Å². The molecule has 0 aromatic heterocycles. The molecule has 0 aliphatic rings. The molecular weight excluding hydrogens is 274 g/mol. The zero-order valence-corrected chi connectivity index (χ0v) is 13.1. The minimum Gasteiger partial charge on any atom is -0.466 e. The predicted molar refractivity (Wildman–Crippen MR) is 84.0 cm³/mol. The molecular formula is C16H24ClNO2. The Morgan fingerprint density at radius 1 is 1.30 bits per heavy atom. The number of unbranched alkanes of at least 4 members (excludes halogenated alkanes) is 3. The maximum Gasteiger partial charge on any atom is 0.313 e. The van der Waals surface area contributed by atoms with Crippen LogP contribution < -0.4 is 5.73 Å². The maximum atomic E-state index is 12.2. The number of carbonyl (C=O) groups excluding carboxylic acids is 1. The van der Waals surface area contributed by atoms with Crippen LogP contribution in [0.4, 0.5) is 5.69 Å². The van der Waals surface area contributed by atoms with Crippen LogP contribution in [0.3, 0.4) is 0 Å². The lowest BCUT2D eigenvalue weighted by Gasteiger charge is -2.18. The van der Waals surface area contributed by atoms with Gasteiger partial charge in [-0.05, 0) is 37.1 Å². The summed E-state index contributed by atoms with van der Waals surface area (Å²) in [6.45, 7) is 4.36. The Hall–Kier alpha value is -1.22. The molecule has 112 valence electrons. The first kappa shape index (κ1) is 16.8. The SMILES string of the molecule is CCCCCCC(C(=O)OCC)c1cc(Cl)ccc1N. The van der Waals surface area contributed by atoms with Crippen LogP contribution >= 0.6 is 11.6 Å². The smallest absolute Gasteiger partial charge is 0.313 e. The first-order chi connectivity index (χ1) is 9.60. The monoisotopic (exact) mass is 297 g/mol. The molecule has 0 spiro atoms. The van der Waals surface area contributed by atoms with Crippen molar-refractivity contribution in [2.45, 2.75) is 51.9 Å². The summed E-state index contributed by atoms with van der Waals surface area (Å²) in [5, 5.41) is 0.594. The number of benzene rings is 1. The Balaban J connectivity index is 2.85. The third-order valence-electron chi connectivity index (χ3n) is 3.34. The number of esters is 1. The molecule has 0 bridgehead atoms. The number of hydrogen-bond acceptors (Lipinski definition) is 3. The number of ether oxygens (including phenoxy) is 1. The quantitative estimate of drug-likeness (QED) is 0.435. The van der Waals surface area contributed by atoms with E-state index in [2.05, 4.69) is 6.92 Å². The van der Waals surface area contributed by atoms with Crippen molar-refractivity contribution in [1.29, 1.82) is 0 Å². The second-order valence-corrected chi connectivity index (χ2v) is 5.36. The Morgan fingerprint density at radius 2 is 2.05 bits per heavy atom. The Bertz CT molecular complexity index is 434. The summed E-state index contributed by atoms with van der Waals surface area (Å²) in [5.74, 6) is -0.525. The molecule has 0 radical (unpaired) electrons. The van der Waals surface area contributed by atoms with Crippen LogP contribution in [0.1, 0.15) is 57.4 Å². The van der Waals surface area contributed by atoms with Crippen LogP contribution in [0.2, 0.25) is 5.02 Å². The molecule has 1 atom stereocenters. The zero-order valence-electron chi connectivity index (χ0n) is 12.3. The van der Waals surface area contributed by atoms with Gasteiger partial charge in [0.15, 0.2) is 0 Å². The highest BCUT2D eigenvalue weighted by Crippen LogP contribution is 2.31. The van der Waals surface area contributed by atoms with Crippen molar-refractivity contribution in [1.82, 2.24) is 0 Å². The van der Waals surface area contributed by atoms with Gasteiger partial charge < -0.3 is 10.5 Å². The molecule has 1 unspecified atom stereocenters. The van der Waals surface area contributed by atoms with E-state index in [0.717, 1.165) is 24.8 Å². The van der Waals surface area contributed by atoms with Crippen molar-refractivity contribution in [3.63, 3.8) is 0 Å². The number of rotatable bonds is 8. The molecule has 0 saturated carbocycles. The number of nitrogens with two attached hydrogens (primary N) is 1. The second kappa shape index (κ2) is 8.85. The molecule has 4 heteroatoms. The number of halogens is 1. The largest absolute Gasteiger partial charge is 0.466 e. The standard InChI is InChI=1S/C16H24ClNO2/c1-3-5-6-7-8-13(16(19)20-4-2)14-11-12(17)9-10-15(14)18/h9-11,13H,3-8,18H2,1-2H3. The topological polar surface area (TPSA) is 52.3 Å². The highest BCUT2D eigenvalue weighted by Gasteiger charge is 2.23. The van der Waals surface area contributed by atoms with E-state index in [0.29, 0.717) is 17.3 Å². The fourth-order valence-corrected chi connectivity index (χ4v) is 2.45. The minimum absolute atomic E-state index is 0.210. The van der Waals surface area contributed by atoms with E-state index in [-0.39, 0.29) is 11.9 Å². The minimum atomic E-state index is -0.314. The average Bonchev–Trinajstić information content (AvgIpc) is 2.42. The maximum absolute atomic E-state index is 12.2. The van der Waals surface area contributed by atoms with Crippen LogP contribution in [-0.2, 0) is 9.53 Å². The van der Waals surface area contributed by atoms with Gasteiger partial charge in [0.25, 0.3) is 0 Å². The van der Waals surface area contributed by atoms with E-state index < -0.39 is 0 Å². The van der Waals surface area contributed by atoms with Gasteiger partial charge in [0, 0.05) is 10.7 Å². The molecule has 1 aromatic carbocycles. The van der Waals surface area contributed by atoms with Crippen LogP contribution in [0.25, 0.3) is 0 Å². The van der Waals surface area contributed by atoms with E-state index >= 15 is 0 Å². The molecule has 0 aliphatic carbocycles. The lowest BCUT2D eigenvalue weighted by molar-refractivity contribution is -0.145. The van der Waals surface area contributed by atoms with E-state index in [4.69, 9.17) is 22.1 Å². The normalized spacial score (nSPS) is 12.2. The molecule has 0 heterocycles. The van der Waals surface area contributed by atoms with Gasteiger partial charge in [0.05, 0.1) is 12.5 Å². The molecule has 2 N–H and O–H groups in total.